The standard InChI is InChI=1S/C12H14O3/c1-12(2,3)10-5-4-8(6-13)11(15)9(10)7-14/h4-7,15H,1-3H3. The fourth-order valence-corrected chi connectivity index (χ4v) is 1.49. The van der Waals surface area contributed by atoms with Crippen LogP contribution in [-0.4, -0.2) is 17.7 Å². The van der Waals surface area contributed by atoms with Gasteiger partial charge in [-0.3, -0.25) is 9.59 Å². The van der Waals surface area contributed by atoms with E-state index in [-0.39, 0.29) is 22.3 Å². The van der Waals surface area contributed by atoms with Crippen molar-refractivity contribution in [3.8, 4) is 5.75 Å². The van der Waals surface area contributed by atoms with Crippen LogP contribution in [0.4, 0.5) is 0 Å². The van der Waals surface area contributed by atoms with Crippen LogP contribution in [0.25, 0.3) is 0 Å². The molecule has 0 heterocycles. The summed E-state index contributed by atoms with van der Waals surface area (Å²) in [5.41, 5.74) is 0.840. The van der Waals surface area contributed by atoms with Gasteiger partial charge in [0.15, 0.2) is 12.6 Å². The summed E-state index contributed by atoms with van der Waals surface area (Å²) in [5.74, 6) is -0.229. The lowest BCUT2D eigenvalue weighted by Crippen LogP contribution is -2.14. The Morgan fingerprint density at radius 1 is 1.13 bits per heavy atom. The van der Waals surface area contributed by atoms with Gasteiger partial charge in [-0.1, -0.05) is 26.8 Å². The van der Waals surface area contributed by atoms with E-state index in [1.807, 2.05) is 20.8 Å². The highest BCUT2D eigenvalue weighted by Gasteiger charge is 2.21. The summed E-state index contributed by atoms with van der Waals surface area (Å²) in [6.45, 7) is 5.82. The van der Waals surface area contributed by atoms with Gasteiger partial charge in [0.1, 0.15) is 5.75 Å². The maximum atomic E-state index is 10.9. The van der Waals surface area contributed by atoms with Crippen molar-refractivity contribution in [3.63, 3.8) is 0 Å². The van der Waals surface area contributed by atoms with Crippen molar-refractivity contribution >= 4 is 12.6 Å². The number of aromatic hydroxyl groups is 1. The summed E-state index contributed by atoms with van der Waals surface area (Å²) in [7, 11) is 0. The monoisotopic (exact) mass is 206 g/mol. The Morgan fingerprint density at radius 3 is 2.13 bits per heavy atom. The molecule has 0 aliphatic carbocycles. The van der Waals surface area contributed by atoms with E-state index in [4.69, 9.17) is 0 Å². The summed E-state index contributed by atoms with van der Waals surface area (Å²) in [5, 5.41) is 9.67. The minimum atomic E-state index is -0.241. The Balaban J connectivity index is 3.51. The highest BCUT2D eigenvalue weighted by atomic mass is 16.3. The maximum absolute atomic E-state index is 10.9. The first-order valence-electron chi connectivity index (χ1n) is 4.68. The summed E-state index contributed by atoms with van der Waals surface area (Å²) >= 11 is 0. The molecule has 1 aromatic carbocycles. The third-order valence-corrected chi connectivity index (χ3v) is 2.30. The smallest absolute Gasteiger partial charge is 0.154 e. The van der Waals surface area contributed by atoms with Gasteiger partial charge in [-0.2, -0.15) is 0 Å². The molecule has 0 atom stereocenters. The van der Waals surface area contributed by atoms with Gasteiger partial charge in [-0.15, -0.1) is 0 Å². The molecule has 1 aromatic rings. The summed E-state index contributed by atoms with van der Waals surface area (Å²) < 4.78 is 0. The highest BCUT2D eigenvalue weighted by Crippen LogP contribution is 2.31. The van der Waals surface area contributed by atoms with Crippen LogP contribution < -0.4 is 0 Å². The second kappa shape index (κ2) is 3.85. The second-order valence-electron chi connectivity index (χ2n) is 4.45. The zero-order chi connectivity index (χ0) is 11.6. The van der Waals surface area contributed by atoms with E-state index in [2.05, 4.69) is 0 Å². The van der Waals surface area contributed by atoms with Gasteiger partial charge in [0.2, 0.25) is 0 Å². The van der Waals surface area contributed by atoms with Crippen LogP contribution in [-0.2, 0) is 5.41 Å². The lowest BCUT2D eigenvalue weighted by molar-refractivity contribution is 0.111. The number of benzene rings is 1. The second-order valence-corrected chi connectivity index (χ2v) is 4.45. The molecule has 0 bridgehead atoms. The van der Waals surface area contributed by atoms with Crippen LogP contribution in [0.15, 0.2) is 12.1 Å². The molecule has 1 N–H and O–H groups in total. The molecule has 0 aliphatic rings. The highest BCUT2D eigenvalue weighted by molar-refractivity contribution is 5.90. The van der Waals surface area contributed by atoms with E-state index in [1.54, 1.807) is 6.07 Å². The normalized spacial score (nSPS) is 11.1. The largest absolute Gasteiger partial charge is 0.506 e. The molecule has 1 rings (SSSR count). The Kier molecular flexibility index (Phi) is 2.93. The maximum Gasteiger partial charge on any atom is 0.154 e. The molecule has 0 saturated heterocycles. The average Bonchev–Trinajstić information content (AvgIpc) is 2.15. The van der Waals surface area contributed by atoms with Crippen LogP contribution in [0.3, 0.4) is 0 Å². The molecule has 0 aliphatic heterocycles. The molecule has 3 nitrogen and oxygen atoms in total. The molecule has 0 fully saturated rings. The van der Waals surface area contributed by atoms with E-state index in [1.165, 1.54) is 6.07 Å². The van der Waals surface area contributed by atoms with Crippen LogP contribution in [0.1, 0.15) is 47.1 Å². The van der Waals surface area contributed by atoms with Crippen molar-refractivity contribution in [1.82, 2.24) is 0 Å². The molecule has 80 valence electrons. The summed E-state index contributed by atoms with van der Waals surface area (Å²) in [4.78, 5) is 21.5. The Morgan fingerprint density at radius 2 is 1.73 bits per heavy atom. The number of rotatable bonds is 2. The predicted octanol–water partition coefficient (Wildman–Crippen LogP) is 2.31. The van der Waals surface area contributed by atoms with Gasteiger partial charge in [0.05, 0.1) is 11.1 Å². The molecule has 0 amide bonds. The van der Waals surface area contributed by atoms with Crippen LogP contribution >= 0.6 is 0 Å². The fourth-order valence-electron chi connectivity index (χ4n) is 1.49. The minimum Gasteiger partial charge on any atom is -0.506 e. The minimum absolute atomic E-state index is 0.144. The topological polar surface area (TPSA) is 54.4 Å². The molecule has 0 saturated carbocycles. The van der Waals surface area contributed by atoms with Crippen molar-refractivity contribution in [2.45, 2.75) is 26.2 Å². The number of hydrogen-bond donors (Lipinski definition) is 1. The Labute approximate surface area is 88.7 Å². The first-order chi connectivity index (χ1) is 6.91. The zero-order valence-electron chi connectivity index (χ0n) is 9.07. The van der Waals surface area contributed by atoms with Crippen LogP contribution in [0.2, 0.25) is 0 Å². The van der Waals surface area contributed by atoms with Crippen molar-refractivity contribution in [2.24, 2.45) is 0 Å². The van der Waals surface area contributed by atoms with Crippen LogP contribution in [0, 0.1) is 0 Å². The van der Waals surface area contributed by atoms with E-state index < -0.39 is 0 Å². The van der Waals surface area contributed by atoms with Gasteiger partial charge in [-0.05, 0) is 17.0 Å². The van der Waals surface area contributed by atoms with Crippen molar-refractivity contribution in [3.05, 3.63) is 28.8 Å². The summed E-state index contributed by atoms with van der Waals surface area (Å²) in [6, 6.07) is 3.23. The number of phenolic OH excluding ortho intramolecular Hbond substituents is 1. The summed E-state index contributed by atoms with van der Waals surface area (Å²) in [6.07, 6.45) is 1.12. The molecule has 3 heteroatoms. The van der Waals surface area contributed by atoms with E-state index in [0.29, 0.717) is 12.6 Å². The lowest BCUT2D eigenvalue weighted by atomic mass is 9.83. The quantitative estimate of drug-likeness (QED) is 0.755. The zero-order valence-corrected chi connectivity index (χ0v) is 9.07. The van der Waals surface area contributed by atoms with Crippen molar-refractivity contribution in [1.29, 1.82) is 0 Å². The molecule has 0 unspecified atom stereocenters. The Hall–Kier alpha value is -1.64. The molecular formula is C12H14O3. The third kappa shape index (κ3) is 2.06. The van der Waals surface area contributed by atoms with E-state index in [0.717, 1.165) is 5.56 Å². The first kappa shape index (κ1) is 11.4. The van der Waals surface area contributed by atoms with E-state index in [9.17, 15) is 14.7 Å². The predicted molar refractivity (Wildman–Crippen MR) is 57.6 cm³/mol. The average molecular weight is 206 g/mol. The SMILES string of the molecule is CC(C)(C)c1ccc(C=O)c(O)c1C=O. The molecule has 15 heavy (non-hydrogen) atoms. The van der Waals surface area contributed by atoms with E-state index >= 15 is 0 Å². The number of carbonyl (C=O) groups excluding carboxylic acids is 2. The third-order valence-electron chi connectivity index (χ3n) is 2.30. The molecule has 0 aromatic heterocycles. The number of carbonyl (C=O) groups is 2. The van der Waals surface area contributed by atoms with Crippen LogP contribution in [0.5, 0.6) is 5.75 Å². The van der Waals surface area contributed by atoms with Crippen molar-refractivity contribution in [2.75, 3.05) is 0 Å². The van der Waals surface area contributed by atoms with Gasteiger partial charge in [0.25, 0.3) is 0 Å². The van der Waals surface area contributed by atoms with Crippen molar-refractivity contribution < 1.29 is 14.7 Å². The lowest BCUT2D eigenvalue weighted by Gasteiger charge is -2.21. The first-order valence-corrected chi connectivity index (χ1v) is 4.68. The molecular weight excluding hydrogens is 192 g/mol. The number of hydrogen-bond acceptors (Lipinski definition) is 3. The van der Waals surface area contributed by atoms with Gasteiger partial charge in [-0.25, -0.2) is 0 Å². The molecule has 0 radical (unpaired) electrons. The number of aldehydes is 2. The Bertz CT molecular complexity index is 400. The van der Waals surface area contributed by atoms with Gasteiger partial charge >= 0.3 is 0 Å². The fraction of sp³-hybridized carbons (Fsp3) is 0.333. The molecule has 0 spiro atoms. The van der Waals surface area contributed by atoms with Gasteiger partial charge < -0.3 is 5.11 Å². The van der Waals surface area contributed by atoms with Gasteiger partial charge in [0, 0.05) is 0 Å². The number of phenols is 1.